The highest BCUT2D eigenvalue weighted by Gasteiger charge is 2.24. The molecule has 0 spiro atoms. The summed E-state index contributed by atoms with van der Waals surface area (Å²) in [4.78, 5) is 0. The summed E-state index contributed by atoms with van der Waals surface area (Å²) in [6.07, 6.45) is 0. The Balaban J connectivity index is 2.61. The minimum Gasteiger partial charge on any atom is -0.271 e. The summed E-state index contributed by atoms with van der Waals surface area (Å²) in [6, 6.07) is 7.00. The Kier molecular flexibility index (Phi) is 5.30. The van der Waals surface area contributed by atoms with Gasteiger partial charge in [-0.2, -0.15) is 0 Å². The van der Waals surface area contributed by atoms with Gasteiger partial charge in [0.05, 0.1) is 10.5 Å². The molecule has 2 nitrogen and oxygen atoms in total. The van der Waals surface area contributed by atoms with Crippen LogP contribution in [0.3, 0.4) is 0 Å². The lowest BCUT2D eigenvalue weighted by atomic mass is 9.98. The fourth-order valence-corrected chi connectivity index (χ4v) is 3.49. The first-order chi connectivity index (χ1) is 9.45. The van der Waals surface area contributed by atoms with Crippen molar-refractivity contribution in [3.63, 3.8) is 0 Å². The van der Waals surface area contributed by atoms with Gasteiger partial charge in [-0.25, -0.2) is 14.2 Å². The maximum Gasteiger partial charge on any atom is 0.145 e. The summed E-state index contributed by atoms with van der Waals surface area (Å²) in [5.41, 5.74) is 2.95. The van der Waals surface area contributed by atoms with Crippen molar-refractivity contribution < 1.29 is 8.78 Å². The third-order valence-electron chi connectivity index (χ3n) is 2.81. The molecule has 1 unspecified atom stereocenters. The molecule has 0 aromatic heterocycles. The van der Waals surface area contributed by atoms with E-state index in [9.17, 15) is 8.78 Å². The molecule has 2 aromatic rings. The van der Waals surface area contributed by atoms with Crippen molar-refractivity contribution in [1.82, 2.24) is 5.43 Å². The van der Waals surface area contributed by atoms with Gasteiger partial charge in [-0.15, -0.1) is 0 Å². The molecule has 106 valence electrons. The molecule has 20 heavy (non-hydrogen) atoms. The molecule has 2 rings (SSSR count). The van der Waals surface area contributed by atoms with Gasteiger partial charge in [-0.05, 0) is 45.8 Å². The minimum absolute atomic E-state index is 0.134. The van der Waals surface area contributed by atoms with E-state index in [4.69, 9.17) is 5.84 Å². The second-order valence-corrected chi connectivity index (χ2v) is 6.65. The highest BCUT2D eigenvalue weighted by Crippen LogP contribution is 2.34. The number of hydrazine groups is 1. The van der Waals surface area contributed by atoms with E-state index in [-0.39, 0.29) is 10.0 Å². The third kappa shape index (κ3) is 3.12. The normalized spacial score (nSPS) is 12.5. The lowest BCUT2D eigenvalue weighted by Gasteiger charge is -2.20. The van der Waals surface area contributed by atoms with Crippen LogP contribution >= 0.6 is 47.8 Å². The quantitative estimate of drug-likeness (QED) is 0.384. The molecule has 3 N–H and O–H groups in total. The molecule has 7 heteroatoms. The Morgan fingerprint density at radius 2 is 1.70 bits per heavy atom. The van der Waals surface area contributed by atoms with Crippen molar-refractivity contribution in [3.05, 3.63) is 66.5 Å². The Morgan fingerprint density at radius 1 is 1.00 bits per heavy atom. The van der Waals surface area contributed by atoms with Crippen LogP contribution < -0.4 is 11.3 Å². The van der Waals surface area contributed by atoms with Gasteiger partial charge in [0, 0.05) is 14.5 Å². The van der Waals surface area contributed by atoms with Crippen LogP contribution in [0.15, 0.2) is 43.7 Å². The predicted octanol–water partition coefficient (Wildman–Crippen LogP) is 4.81. The van der Waals surface area contributed by atoms with Gasteiger partial charge < -0.3 is 0 Å². The molecule has 1 atom stereocenters. The monoisotopic (exact) mass is 468 g/mol. The maximum atomic E-state index is 14.2. The SMILES string of the molecule is NNC(c1ccc(Br)cc1Br)c1c(F)ccc(Br)c1F. The molecule has 0 saturated heterocycles. The van der Waals surface area contributed by atoms with E-state index in [1.807, 2.05) is 0 Å². The van der Waals surface area contributed by atoms with Crippen LogP contribution in [0.25, 0.3) is 0 Å². The number of hydrogen-bond acceptors (Lipinski definition) is 2. The van der Waals surface area contributed by atoms with E-state index in [1.165, 1.54) is 12.1 Å². The first kappa shape index (κ1) is 16.0. The molecule has 0 aliphatic carbocycles. The van der Waals surface area contributed by atoms with Crippen molar-refractivity contribution in [1.29, 1.82) is 0 Å². The first-order valence-electron chi connectivity index (χ1n) is 5.50. The molecular weight excluding hydrogens is 462 g/mol. The second kappa shape index (κ2) is 6.62. The average molecular weight is 471 g/mol. The highest BCUT2D eigenvalue weighted by molar-refractivity contribution is 9.11. The number of halogens is 5. The fraction of sp³-hybridized carbons (Fsp3) is 0.0769. The molecular formula is C13H9Br3F2N2. The van der Waals surface area contributed by atoms with Gasteiger partial charge in [0.25, 0.3) is 0 Å². The molecule has 0 bridgehead atoms. The van der Waals surface area contributed by atoms with Crippen LogP contribution in [0.5, 0.6) is 0 Å². The lowest BCUT2D eigenvalue weighted by molar-refractivity contribution is 0.507. The average Bonchev–Trinajstić information content (AvgIpc) is 2.40. The summed E-state index contributed by atoms with van der Waals surface area (Å²) >= 11 is 9.75. The van der Waals surface area contributed by atoms with Crippen molar-refractivity contribution in [2.45, 2.75) is 6.04 Å². The van der Waals surface area contributed by atoms with Gasteiger partial charge in [-0.1, -0.05) is 37.9 Å². The first-order valence-corrected chi connectivity index (χ1v) is 7.88. The second-order valence-electron chi connectivity index (χ2n) is 4.02. The van der Waals surface area contributed by atoms with E-state index in [2.05, 4.69) is 53.2 Å². The van der Waals surface area contributed by atoms with E-state index < -0.39 is 17.7 Å². The zero-order chi connectivity index (χ0) is 14.9. The van der Waals surface area contributed by atoms with Crippen LogP contribution in [0, 0.1) is 11.6 Å². The maximum absolute atomic E-state index is 14.2. The van der Waals surface area contributed by atoms with Crippen LogP contribution in [0.2, 0.25) is 0 Å². The molecule has 0 saturated carbocycles. The lowest BCUT2D eigenvalue weighted by Crippen LogP contribution is -2.30. The van der Waals surface area contributed by atoms with Crippen LogP contribution in [0.1, 0.15) is 17.2 Å². The Morgan fingerprint density at radius 3 is 2.30 bits per heavy atom. The van der Waals surface area contributed by atoms with E-state index in [1.54, 1.807) is 18.2 Å². The smallest absolute Gasteiger partial charge is 0.145 e. The summed E-state index contributed by atoms with van der Waals surface area (Å²) in [7, 11) is 0. The Bertz CT molecular complexity index is 650. The van der Waals surface area contributed by atoms with Gasteiger partial charge in [0.2, 0.25) is 0 Å². The van der Waals surface area contributed by atoms with Gasteiger partial charge in [0.1, 0.15) is 11.6 Å². The Labute approximate surface area is 140 Å². The van der Waals surface area contributed by atoms with Crippen LogP contribution in [-0.2, 0) is 0 Å². The molecule has 0 aliphatic rings. The summed E-state index contributed by atoms with van der Waals surface area (Å²) in [5.74, 6) is 4.16. The van der Waals surface area contributed by atoms with Gasteiger partial charge >= 0.3 is 0 Å². The molecule has 2 aromatic carbocycles. The van der Waals surface area contributed by atoms with E-state index in [0.717, 1.165) is 4.47 Å². The molecule has 0 aliphatic heterocycles. The topological polar surface area (TPSA) is 38.0 Å². The standard InChI is InChI=1S/C13H9Br3F2N2/c14-6-1-2-7(9(16)5-6)13(20-19)11-10(17)4-3-8(15)12(11)18/h1-5,13,20H,19H2. The van der Waals surface area contributed by atoms with E-state index in [0.29, 0.717) is 10.0 Å². The minimum atomic E-state index is -0.810. The number of rotatable bonds is 3. The molecule has 0 fully saturated rings. The van der Waals surface area contributed by atoms with Crippen molar-refractivity contribution >= 4 is 47.8 Å². The molecule has 0 heterocycles. The fourth-order valence-electron chi connectivity index (χ4n) is 1.87. The largest absolute Gasteiger partial charge is 0.271 e. The Hall–Kier alpha value is -0.340. The number of nitrogens with two attached hydrogens (primary N) is 1. The van der Waals surface area contributed by atoms with Crippen LogP contribution in [-0.4, -0.2) is 0 Å². The van der Waals surface area contributed by atoms with Crippen LogP contribution in [0.4, 0.5) is 8.78 Å². The van der Waals surface area contributed by atoms with Gasteiger partial charge in [0.15, 0.2) is 0 Å². The van der Waals surface area contributed by atoms with Crippen molar-refractivity contribution in [3.8, 4) is 0 Å². The zero-order valence-corrected chi connectivity index (χ0v) is 14.7. The van der Waals surface area contributed by atoms with Crippen molar-refractivity contribution in [2.24, 2.45) is 5.84 Å². The third-order valence-corrected chi connectivity index (χ3v) is 4.60. The van der Waals surface area contributed by atoms with E-state index >= 15 is 0 Å². The van der Waals surface area contributed by atoms with Crippen molar-refractivity contribution in [2.75, 3.05) is 0 Å². The summed E-state index contributed by atoms with van der Waals surface area (Å²) < 4.78 is 29.9. The number of hydrogen-bond donors (Lipinski definition) is 2. The molecule has 0 amide bonds. The number of nitrogens with one attached hydrogen (secondary N) is 1. The predicted molar refractivity (Wildman–Crippen MR) is 85.1 cm³/mol. The summed E-state index contributed by atoms with van der Waals surface area (Å²) in [5, 5.41) is 0. The summed E-state index contributed by atoms with van der Waals surface area (Å²) in [6.45, 7) is 0. The highest BCUT2D eigenvalue weighted by atomic mass is 79.9. The number of benzene rings is 2. The zero-order valence-electron chi connectivity index (χ0n) is 9.93. The van der Waals surface area contributed by atoms with Gasteiger partial charge in [-0.3, -0.25) is 5.84 Å². The molecule has 0 radical (unpaired) electrons.